The Balaban J connectivity index is 1.37. The zero-order chi connectivity index (χ0) is 18.2. The van der Waals surface area contributed by atoms with Crippen LogP contribution in [-0.2, 0) is 16.0 Å². The van der Waals surface area contributed by atoms with E-state index in [2.05, 4.69) is 28.8 Å². The second-order valence-electron chi connectivity index (χ2n) is 7.17. The second kappa shape index (κ2) is 9.53. The number of carbonyl (C=O) groups is 2. The molecule has 0 radical (unpaired) electrons. The summed E-state index contributed by atoms with van der Waals surface area (Å²) in [6.07, 6.45) is 6.03. The van der Waals surface area contributed by atoms with Gasteiger partial charge in [-0.3, -0.25) is 9.59 Å². The third-order valence-electron chi connectivity index (χ3n) is 5.34. The van der Waals surface area contributed by atoms with E-state index in [0.29, 0.717) is 26.1 Å². The molecular formula is C21H29N3O2. The number of nitrogens with zero attached hydrogens (tertiary/aromatic N) is 1. The van der Waals surface area contributed by atoms with Crippen LogP contribution in [-0.4, -0.2) is 49.4 Å². The molecule has 1 aromatic carbocycles. The first-order chi connectivity index (χ1) is 12.7. The zero-order valence-corrected chi connectivity index (χ0v) is 15.4. The predicted molar refractivity (Wildman–Crippen MR) is 103 cm³/mol. The van der Waals surface area contributed by atoms with Gasteiger partial charge in [0.2, 0.25) is 11.8 Å². The van der Waals surface area contributed by atoms with Crippen LogP contribution in [0.3, 0.4) is 0 Å². The monoisotopic (exact) mass is 355 g/mol. The highest BCUT2D eigenvalue weighted by atomic mass is 16.2. The fourth-order valence-electron chi connectivity index (χ4n) is 3.62. The summed E-state index contributed by atoms with van der Waals surface area (Å²) in [4.78, 5) is 26.7. The summed E-state index contributed by atoms with van der Waals surface area (Å²) in [5.41, 5.74) is 2.51. The van der Waals surface area contributed by atoms with E-state index in [-0.39, 0.29) is 17.7 Å². The number of hydrogen-bond acceptors (Lipinski definition) is 3. The van der Waals surface area contributed by atoms with E-state index in [4.69, 9.17) is 0 Å². The number of piperidine rings is 1. The van der Waals surface area contributed by atoms with Gasteiger partial charge in [-0.1, -0.05) is 42.0 Å². The van der Waals surface area contributed by atoms with Crippen molar-refractivity contribution in [1.82, 2.24) is 15.5 Å². The summed E-state index contributed by atoms with van der Waals surface area (Å²) >= 11 is 0. The van der Waals surface area contributed by atoms with Crippen LogP contribution >= 0.6 is 0 Å². The van der Waals surface area contributed by atoms with E-state index in [1.165, 1.54) is 11.1 Å². The summed E-state index contributed by atoms with van der Waals surface area (Å²) in [6.45, 7) is 3.94. The van der Waals surface area contributed by atoms with E-state index >= 15 is 0 Å². The van der Waals surface area contributed by atoms with Gasteiger partial charge in [0.15, 0.2) is 0 Å². The average molecular weight is 355 g/mol. The third-order valence-corrected chi connectivity index (χ3v) is 5.34. The molecule has 140 valence electrons. The van der Waals surface area contributed by atoms with Crippen molar-refractivity contribution in [3.63, 3.8) is 0 Å². The van der Waals surface area contributed by atoms with Gasteiger partial charge in [0.05, 0.1) is 0 Å². The van der Waals surface area contributed by atoms with Crippen LogP contribution in [0.15, 0.2) is 42.0 Å². The van der Waals surface area contributed by atoms with Crippen LogP contribution in [0.5, 0.6) is 0 Å². The largest absolute Gasteiger partial charge is 0.352 e. The maximum atomic E-state index is 12.4. The zero-order valence-electron chi connectivity index (χ0n) is 15.4. The molecule has 26 heavy (non-hydrogen) atoms. The van der Waals surface area contributed by atoms with Crippen LogP contribution in [0.1, 0.15) is 31.2 Å². The smallest absolute Gasteiger partial charge is 0.223 e. The molecule has 0 saturated carbocycles. The Labute approximate surface area is 155 Å². The van der Waals surface area contributed by atoms with Gasteiger partial charge < -0.3 is 15.5 Å². The van der Waals surface area contributed by atoms with E-state index in [9.17, 15) is 9.59 Å². The number of hydrogen-bond donors (Lipinski definition) is 2. The lowest BCUT2D eigenvalue weighted by Crippen LogP contribution is -2.43. The SMILES string of the molecule is O=C(NCC1=CCNCC1)C1CCN(C(=O)CCc2ccccc2)CC1. The fourth-order valence-corrected chi connectivity index (χ4v) is 3.62. The highest BCUT2D eigenvalue weighted by molar-refractivity contribution is 5.80. The minimum absolute atomic E-state index is 0.0375. The van der Waals surface area contributed by atoms with Gasteiger partial charge >= 0.3 is 0 Å². The highest BCUT2D eigenvalue weighted by Crippen LogP contribution is 2.19. The molecule has 3 rings (SSSR count). The molecule has 2 aliphatic heterocycles. The van der Waals surface area contributed by atoms with Gasteiger partial charge in [-0.15, -0.1) is 0 Å². The number of rotatable bonds is 6. The Hall–Kier alpha value is -2.14. The molecule has 2 aliphatic rings. The number of likely N-dealkylation sites (tertiary alicyclic amines) is 1. The summed E-state index contributed by atoms with van der Waals surface area (Å²) in [5.74, 6) is 0.379. The number of amides is 2. The first-order valence-electron chi connectivity index (χ1n) is 9.70. The van der Waals surface area contributed by atoms with E-state index in [1.807, 2.05) is 23.1 Å². The van der Waals surface area contributed by atoms with Crippen LogP contribution in [0.4, 0.5) is 0 Å². The second-order valence-corrected chi connectivity index (χ2v) is 7.17. The van der Waals surface area contributed by atoms with Gasteiger partial charge in [0.25, 0.3) is 0 Å². The first-order valence-corrected chi connectivity index (χ1v) is 9.70. The molecule has 0 unspecified atom stereocenters. The molecule has 1 fully saturated rings. The van der Waals surface area contributed by atoms with Gasteiger partial charge in [-0.2, -0.15) is 0 Å². The molecule has 5 heteroatoms. The molecule has 0 aromatic heterocycles. The molecule has 0 bridgehead atoms. The maximum Gasteiger partial charge on any atom is 0.223 e. The lowest BCUT2D eigenvalue weighted by molar-refractivity contribution is -0.135. The quantitative estimate of drug-likeness (QED) is 0.766. The standard InChI is InChI=1S/C21H29N3O2/c25-20(7-6-17-4-2-1-3-5-17)24-14-10-19(11-15-24)21(26)23-16-18-8-12-22-13-9-18/h1-5,8,19,22H,6-7,9-16H2,(H,23,26). The Morgan fingerprint density at radius 2 is 1.92 bits per heavy atom. The van der Waals surface area contributed by atoms with Crippen LogP contribution in [0.2, 0.25) is 0 Å². The first kappa shape index (κ1) is 18.6. The minimum Gasteiger partial charge on any atom is -0.352 e. The molecule has 0 atom stereocenters. The number of nitrogens with one attached hydrogen (secondary N) is 2. The van der Waals surface area contributed by atoms with Crippen molar-refractivity contribution in [3.05, 3.63) is 47.5 Å². The van der Waals surface area contributed by atoms with Crippen molar-refractivity contribution in [2.75, 3.05) is 32.7 Å². The lowest BCUT2D eigenvalue weighted by atomic mass is 9.95. The van der Waals surface area contributed by atoms with Crippen molar-refractivity contribution in [2.45, 2.75) is 32.1 Å². The van der Waals surface area contributed by atoms with Gasteiger partial charge in [-0.05, 0) is 37.8 Å². The van der Waals surface area contributed by atoms with Gasteiger partial charge in [0.1, 0.15) is 0 Å². The Morgan fingerprint density at radius 1 is 1.15 bits per heavy atom. The van der Waals surface area contributed by atoms with Crippen LogP contribution in [0.25, 0.3) is 0 Å². The maximum absolute atomic E-state index is 12.4. The summed E-state index contributed by atoms with van der Waals surface area (Å²) in [5, 5.41) is 6.35. The van der Waals surface area contributed by atoms with Crippen molar-refractivity contribution >= 4 is 11.8 Å². The van der Waals surface area contributed by atoms with Gasteiger partial charge in [-0.25, -0.2) is 0 Å². The third kappa shape index (κ3) is 5.43. The highest BCUT2D eigenvalue weighted by Gasteiger charge is 2.27. The summed E-state index contributed by atoms with van der Waals surface area (Å²) < 4.78 is 0. The lowest BCUT2D eigenvalue weighted by Gasteiger charge is -2.31. The molecule has 2 heterocycles. The Morgan fingerprint density at radius 3 is 2.62 bits per heavy atom. The van der Waals surface area contributed by atoms with E-state index in [0.717, 1.165) is 38.8 Å². The van der Waals surface area contributed by atoms with Crippen LogP contribution in [0, 0.1) is 5.92 Å². The summed E-state index contributed by atoms with van der Waals surface area (Å²) in [7, 11) is 0. The minimum atomic E-state index is 0.0375. The molecule has 2 N–H and O–H groups in total. The molecule has 5 nitrogen and oxygen atoms in total. The number of aryl methyl sites for hydroxylation is 1. The van der Waals surface area contributed by atoms with Crippen LogP contribution < -0.4 is 10.6 Å². The predicted octanol–water partition coefficient (Wildman–Crippen LogP) is 1.89. The molecule has 0 aliphatic carbocycles. The molecule has 0 spiro atoms. The molecule has 2 amide bonds. The number of carbonyl (C=O) groups excluding carboxylic acids is 2. The molecule has 1 aromatic rings. The van der Waals surface area contributed by atoms with E-state index in [1.54, 1.807) is 0 Å². The van der Waals surface area contributed by atoms with Crippen molar-refractivity contribution < 1.29 is 9.59 Å². The molecular weight excluding hydrogens is 326 g/mol. The molecule has 1 saturated heterocycles. The van der Waals surface area contributed by atoms with Crippen molar-refractivity contribution in [1.29, 1.82) is 0 Å². The fraction of sp³-hybridized carbons (Fsp3) is 0.524. The van der Waals surface area contributed by atoms with Crippen molar-refractivity contribution in [2.24, 2.45) is 5.92 Å². The average Bonchev–Trinajstić information content (AvgIpc) is 2.72. The summed E-state index contributed by atoms with van der Waals surface area (Å²) in [6, 6.07) is 10.1. The Bertz CT molecular complexity index is 634. The van der Waals surface area contributed by atoms with Crippen molar-refractivity contribution in [3.8, 4) is 0 Å². The number of benzene rings is 1. The normalized spacial score (nSPS) is 18.3. The topological polar surface area (TPSA) is 61.4 Å². The van der Waals surface area contributed by atoms with Gasteiger partial charge in [0, 0.05) is 38.5 Å². The Kier molecular flexibility index (Phi) is 6.83. The van der Waals surface area contributed by atoms with E-state index < -0.39 is 0 Å².